The Labute approximate surface area is 109 Å². The first kappa shape index (κ1) is 11.4. The second-order valence-corrected chi connectivity index (χ2v) is 4.18. The van der Waals surface area contributed by atoms with E-state index in [9.17, 15) is 0 Å². The van der Waals surface area contributed by atoms with E-state index in [0.717, 1.165) is 17.0 Å². The van der Waals surface area contributed by atoms with Gasteiger partial charge in [-0.2, -0.15) is 5.10 Å². The van der Waals surface area contributed by atoms with E-state index in [1.54, 1.807) is 11.0 Å². The van der Waals surface area contributed by atoms with Crippen LogP contribution in [0.2, 0.25) is 0 Å². The van der Waals surface area contributed by atoms with Crippen molar-refractivity contribution in [2.24, 2.45) is 0 Å². The number of nitrogens with zero attached hydrogens (tertiary/aromatic N) is 5. The van der Waals surface area contributed by atoms with Crippen molar-refractivity contribution in [3.63, 3.8) is 0 Å². The lowest BCUT2D eigenvalue weighted by Crippen LogP contribution is -2.02. The molecule has 2 heterocycles. The first-order valence-corrected chi connectivity index (χ1v) is 5.76. The van der Waals surface area contributed by atoms with Crippen molar-refractivity contribution in [3.8, 4) is 11.4 Å². The Morgan fingerprint density at radius 2 is 2.00 bits per heavy atom. The van der Waals surface area contributed by atoms with Gasteiger partial charge in [0.2, 0.25) is 0 Å². The predicted octanol–water partition coefficient (Wildman–Crippen LogP) is 1.27. The molecular weight excluding hydrogens is 244 g/mol. The van der Waals surface area contributed by atoms with E-state index >= 15 is 0 Å². The Morgan fingerprint density at radius 3 is 2.68 bits per heavy atom. The van der Waals surface area contributed by atoms with Gasteiger partial charge in [-0.05, 0) is 31.2 Å². The zero-order chi connectivity index (χ0) is 13.2. The Morgan fingerprint density at radius 1 is 1.21 bits per heavy atom. The highest BCUT2D eigenvalue weighted by atomic mass is 16.6. The molecule has 19 heavy (non-hydrogen) atoms. The van der Waals surface area contributed by atoms with Crippen LogP contribution in [0.5, 0.6) is 0 Å². The van der Waals surface area contributed by atoms with Crippen LogP contribution in [-0.4, -0.2) is 25.1 Å². The second kappa shape index (κ2) is 4.52. The van der Waals surface area contributed by atoms with Gasteiger partial charge in [-0.25, -0.2) is 14.3 Å². The SMILES string of the molecule is Cc1nonc1Cn1cnc(-c2ccc(N)cc2)n1. The lowest BCUT2D eigenvalue weighted by molar-refractivity contribution is 0.300. The highest BCUT2D eigenvalue weighted by Crippen LogP contribution is 2.16. The molecule has 7 heteroatoms. The van der Waals surface area contributed by atoms with Gasteiger partial charge in [0.05, 0.1) is 6.54 Å². The van der Waals surface area contributed by atoms with Crippen molar-refractivity contribution in [2.45, 2.75) is 13.5 Å². The third kappa shape index (κ3) is 2.30. The van der Waals surface area contributed by atoms with Gasteiger partial charge >= 0.3 is 0 Å². The smallest absolute Gasteiger partial charge is 0.181 e. The van der Waals surface area contributed by atoms with Gasteiger partial charge in [0.1, 0.15) is 17.7 Å². The van der Waals surface area contributed by atoms with Crippen LogP contribution in [0.4, 0.5) is 5.69 Å². The Kier molecular flexibility index (Phi) is 2.71. The van der Waals surface area contributed by atoms with Gasteiger partial charge in [0.15, 0.2) is 5.82 Å². The molecule has 0 saturated heterocycles. The number of nitrogen functional groups attached to an aromatic ring is 1. The van der Waals surface area contributed by atoms with Crippen molar-refractivity contribution in [1.29, 1.82) is 0 Å². The molecule has 7 nitrogen and oxygen atoms in total. The minimum atomic E-state index is 0.483. The Balaban J connectivity index is 1.83. The summed E-state index contributed by atoms with van der Waals surface area (Å²) in [6, 6.07) is 7.42. The summed E-state index contributed by atoms with van der Waals surface area (Å²) in [5.74, 6) is 0.647. The molecule has 0 bridgehead atoms. The third-order valence-electron chi connectivity index (χ3n) is 2.76. The average Bonchev–Trinajstić information content (AvgIpc) is 3.01. The maximum atomic E-state index is 5.65. The molecule has 3 rings (SSSR count). The van der Waals surface area contributed by atoms with E-state index in [1.165, 1.54) is 0 Å². The molecule has 96 valence electrons. The van der Waals surface area contributed by atoms with Gasteiger partial charge in [0, 0.05) is 11.3 Å². The summed E-state index contributed by atoms with van der Waals surface area (Å²) in [4.78, 5) is 4.26. The zero-order valence-electron chi connectivity index (χ0n) is 10.3. The van der Waals surface area contributed by atoms with E-state index in [0.29, 0.717) is 18.1 Å². The summed E-state index contributed by atoms with van der Waals surface area (Å²) < 4.78 is 6.34. The van der Waals surface area contributed by atoms with E-state index < -0.39 is 0 Å². The summed E-state index contributed by atoms with van der Waals surface area (Å²) in [6.07, 6.45) is 1.65. The predicted molar refractivity (Wildman–Crippen MR) is 68.0 cm³/mol. The van der Waals surface area contributed by atoms with Gasteiger partial charge in [-0.15, -0.1) is 0 Å². The minimum Gasteiger partial charge on any atom is -0.399 e. The lowest BCUT2D eigenvalue weighted by atomic mass is 10.2. The molecule has 0 fully saturated rings. The van der Waals surface area contributed by atoms with Crippen LogP contribution >= 0.6 is 0 Å². The van der Waals surface area contributed by atoms with Gasteiger partial charge in [0.25, 0.3) is 0 Å². The summed E-state index contributed by atoms with van der Waals surface area (Å²) >= 11 is 0. The van der Waals surface area contributed by atoms with Crippen LogP contribution in [-0.2, 0) is 6.54 Å². The van der Waals surface area contributed by atoms with E-state index in [-0.39, 0.29) is 0 Å². The Hall–Kier alpha value is -2.70. The van der Waals surface area contributed by atoms with Crippen LogP contribution in [0.25, 0.3) is 11.4 Å². The van der Waals surface area contributed by atoms with E-state index in [2.05, 4.69) is 25.0 Å². The quantitative estimate of drug-likeness (QED) is 0.709. The molecule has 2 N–H and O–H groups in total. The number of benzene rings is 1. The highest BCUT2D eigenvalue weighted by Gasteiger charge is 2.09. The number of aryl methyl sites for hydroxylation is 1. The molecule has 2 aromatic heterocycles. The number of hydrogen-bond acceptors (Lipinski definition) is 6. The summed E-state index contributed by atoms with van der Waals surface area (Å²) in [5.41, 5.74) is 8.78. The molecule has 0 aliphatic heterocycles. The van der Waals surface area contributed by atoms with Crippen molar-refractivity contribution < 1.29 is 4.63 Å². The van der Waals surface area contributed by atoms with E-state index in [4.69, 9.17) is 5.73 Å². The average molecular weight is 256 g/mol. The van der Waals surface area contributed by atoms with Crippen molar-refractivity contribution in [3.05, 3.63) is 42.0 Å². The molecule has 0 aliphatic rings. The topological polar surface area (TPSA) is 95.7 Å². The molecule has 0 amide bonds. The minimum absolute atomic E-state index is 0.483. The highest BCUT2D eigenvalue weighted by molar-refractivity contribution is 5.57. The summed E-state index contributed by atoms with van der Waals surface area (Å²) in [5, 5.41) is 11.9. The fourth-order valence-corrected chi connectivity index (χ4v) is 1.68. The lowest BCUT2D eigenvalue weighted by Gasteiger charge is -1.97. The molecule has 3 aromatic rings. The molecule has 0 atom stereocenters. The normalized spacial score (nSPS) is 10.8. The first-order chi connectivity index (χ1) is 9.22. The molecule has 1 aromatic carbocycles. The molecule has 0 radical (unpaired) electrons. The van der Waals surface area contributed by atoms with E-state index in [1.807, 2.05) is 31.2 Å². The van der Waals surface area contributed by atoms with Crippen molar-refractivity contribution in [2.75, 3.05) is 5.73 Å². The van der Waals surface area contributed by atoms with Gasteiger partial charge in [-0.1, -0.05) is 10.3 Å². The largest absolute Gasteiger partial charge is 0.399 e. The monoisotopic (exact) mass is 256 g/mol. The van der Waals surface area contributed by atoms with Crippen molar-refractivity contribution >= 4 is 5.69 Å². The standard InChI is InChI=1S/C12H12N6O/c1-8-11(17-19-16-8)6-18-7-14-12(15-18)9-2-4-10(13)5-3-9/h2-5,7H,6,13H2,1H3. The van der Waals surface area contributed by atoms with Crippen LogP contribution in [0.3, 0.4) is 0 Å². The third-order valence-corrected chi connectivity index (χ3v) is 2.76. The molecule has 0 unspecified atom stereocenters. The fraction of sp³-hybridized carbons (Fsp3) is 0.167. The van der Waals surface area contributed by atoms with Crippen LogP contribution in [0.1, 0.15) is 11.4 Å². The molecule has 0 saturated carbocycles. The van der Waals surface area contributed by atoms with Crippen LogP contribution < -0.4 is 5.73 Å². The maximum Gasteiger partial charge on any atom is 0.181 e. The molecular formula is C12H12N6O. The first-order valence-electron chi connectivity index (χ1n) is 5.76. The van der Waals surface area contributed by atoms with Crippen LogP contribution in [0.15, 0.2) is 35.2 Å². The van der Waals surface area contributed by atoms with Gasteiger partial charge in [-0.3, -0.25) is 0 Å². The second-order valence-electron chi connectivity index (χ2n) is 4.18. The number of anilines is 1. The number of hydrogen-bond donors (Lipinski definition) is 1. The molecule has 0 spiro atoms. The number of rotatable bonds is 3. The maximum absolute atomic E-state index is 5.65. The summed E-state index contributed by atoms with van der Waals surface area (Å²) in [7, 11) is 0. The summed E-state index contributed by atoms with van der Waals surface area (Å²) in [6.45, 7) is 2.32. The van der Waals surface area contributed by atoms with Crippen LogP contribution in [0, 0.1) is 6.92 Å². The number of nitrogens with two attached hydrogens (primary N) is 1. The van der Waals surface area contributed by atoms with Crippen molar-refractivity contribution in [1.82, 2.24) is 25.1 Å². The van der Waals surface area contributed by atoms with Gasteiger partial charge < -0.3 is 5.73 Å². The fourth-order valence-electron chi connectivity index (χ4n) is 1.68. The number of aromatic nitrogens is 5. The Bertz CT molecular complexity index is 684. The molecule has 0 aliphatic carbocycles. The zero-order valence-corrected chi connectivity index (χ0v) is 10.3.